The Morgan fingerprint density at radius 3 is 2.63 bits per heavy atom. The van der Waals surface area contributed by atoms with Gasteiger partial charge in [0.05, 0.1) is 0 Å². The number of carbonyl (C=O) groups is 2. The van der Waals surface area contributed by atoms with Crippen LogP contribution < -0.4 is 4.90 Å². The van der Waals surface area contributed by atoms with Crippen molar-refractivity contribution in [2.24, 2.45) is 0 Å². The zero-order valence-corrected chi connectivity index (χ0v) is 11.6. The monoisotopic (exact) mass is 281 g/mol. The number of nitrogens with zero attached hydrogens (tertiary/aromatic N) is 1. The third kappa shape index (κ3) is 4.41. The topological polar surface area (TPSA) is 57.6 Å². The molecule has 0 heterocycles. The van der Waals surface area contributed by atoms with Crippen LogP contribution in [0.15, 0.2) is 35.9 Å². The summed E-state index contributed by atoms with van der Waals surface area (Å²) in [4.78, 5) is 24.3. The summed E-state index contributed by atoms with van der Waals surface area (Å²) >= 11 is 5.87. The summed E-state index contributed by atoms with van der Waals surface area (Å²) in [6.45, 7) is 3.19. The van der Waals surface area contributed by atoms with Gasteiger partial charge in [0.2, 0.25) is 0 Å². The Kier molecular flexibility index (Phi) is 5.57. The first-order valence-corrected chi connectivity index (χ1v) is 6.29. The van der Waals surface area contributed by atoms with Crippen LogP contribution in [0, 0.1) is 0 Å². The van der Waals surface area contributed by atoms with Crippen LogP contribution in [0.4, 0.5) is 5.69 Å². The fourth-order valence-electron chi connectivity index (χ4n) is 1.67. The van der Waals surface area contributed by atoms with Gasteiger partial charge in [-0.1, -0.05) is 30.7 Å². The molecule has 1 amide bonds. The highest BCUT2D eigenvalue weighted by atomic mass is 35.5. The van der Waals surface area contributed by atoms with Crippen molar-refractivity contribution in [3.63, 3.8) is 0 Å². The van der Waals surface area contributed by atoms with E-state index in [1.807, 2.05) is 6.92 Å². The number of amides is 1. The van der Waals surface area contributed by atoms with Crippen LogP contribution in [-0.4, -0.2) is 23.5 Å². The number of halogens is 1. The molecule has 0 fully saturated rings. The molecule has 0 bridgehead atoms. The van der Waals surface area contributed by atoms with Crippen molar-refractivity contribution >= 4 is 29.2 Å². The predicted molar refractivity (Wildman–Crippen MR) is 75.5 cm³/mol. The fraction of sp³-hybridized carbons (Fsp3) is 0.286. The minimum atomic E-state index is -1.07. The number of aliphatic carboxylic acids is 1. The second-order valence-electron chi connectivity index (χ2n) is 4.06. The van der Waals surface area contributed by atoms with Crippen molar-refractivity contribution in [3.05, 3.63) is 40.9 Å². The molecule has 0 saturated carbocycles. The largest absolute Gasteiger partial charge is 0.480 e. The van der Waals surface area contributed by atoms with Gasteiger partial charge in [0.1, 0.15) is 6.54 Å². The van der Waals surface area contributed by atoms with Gasteiger partial charge in [-0.25, -0.2) is 0 Å². The van der Waals surface area contributed by atoms with E-state index in [-0.39, 0.29) is 5.91 Å². The van der Waals surface area contributed by atoms with Crippen LogP contribution in [0.3, 0.4) is 0 Å². The van der Waals surface area contributed by atoms with Gasteiger partial charge >= 0.3 is 5.97 Å². The van der Waals surface area contributed by atoms with Gasteiger partial charge in [0, 0.05) is 16.3 Å². The van der Waals surface area contributed by atoms with Gasteiger partial charge in [0.15, 0.2) is 0 Å². The van der Waals surface area contributed by atoms with Crippen molar-refractivity contribution < 1.29 is 14.7 Å². The Hall–Kier alpha value is -1.81. The van der Waals surface area contributed by atoms with Gasteiger partial charge in [-0.15, -0.1) is 0 Å². The van der Waals surface area contributed by atoms with E-state index in [0.29, 0.717) is 22.7 Å². The number of hydrogen-bond donors (Lipinski definition) is 1. The normalized spacial score (nSPS) is 11.2. The molecule has 0 unspecified atom stereocenters. The number of carboxylic acids is 1. The molecule has 0 saturated heterocycles. The number of carbonyl (C=O) groups excluding carboxylic acids is 1. The highest BCUT2D eigenvalue weighted by Gasteiger charge is 2.20. The molecule has 0 aliphatic rings. The summed E-state index contributed by atoms with van der Waals surface area (Å²) in [6.07, 6.45) is 2.48. The summed E-state index contributed by atoms with van der Waals surface area (Å²) in [5.74, 6) is -1.40. The lowest BCUT2D eigenvalue weighted by Crippen LogP contribution is -2.36. The summed E-state index contributed by atoms with van der Waals surface area (Å²) in [7, 11) is 0. The van der Waals surface area contributed by atoms with Crippen LogP contribution in [0.5, 0.6) is 0 Å². The van der Waals surface area contributed by atoms with Crippen LogP contribution >= 0.6 is 11.6 Å². The first-order chi connectivity index (χ1) is 8.95. The molecule has 1 rings (SSSR count). The summed E-state index contributed by atoms with van der Waals surface area (Å²) in [5, 5.41) is 9.39. The number of anilines is 1. The van der Waals surface area contributed by atoms with Crippen LogP contribution in [-0.2, 0) is 9.59 Å². The van der Waals surface area contributed by atoms with Gasteiger partial charge in [0.25, 0.3) is 5.91 Å². The van der Waals surface area contributed by atoms with Crippen LogP contribution in [0.25, 0.3) is 0 Å². The maximum Gasteiger partial charge on any atom is 0.323 e. The molecule has 1 N–H and O–H groups in total. The first-order valence-electron chi connectivity index (χ1n) is 5.91. The van der Waals surface area contributed by atoms with E-state index in [1.54, 1.807) is 37.3 Å². The Labute approximate surface area is 117 Å². The highest BCUT2D eigenvalue weighted by molar-refractivity contribution is 6.31. The Morgan fingerprint density at radius 1 is 1.42 bits per heavy atom. The molecular weight excluding hydrogens is 266 g/mol. The maximum absolute atomic E-state index is 12.2. The number of rotatable bonds is 5. The molecule has 1 aromatic rings. The number of carboxylic acid groups (broad SMARTS) is 1. The molecule has 1 aromatic carbocycles. The Bertz CT molecular complexity index is 511. The lowest BCUT2D eigenvalue weighted by atomic mass is 10.2. The van der Waals surface area contributed by atoms with E-state index in [9.17, 15) is 9.59 Å². The van der Waals surface area contributed by atoms with Crippen molar-refractivity contribution in [1.82, 2.24) is 0 Å². The lowest BCUT2D eigenvalue weighted by Gasteiger charge is -2.21. The Morgan fingerprint density at radius 2 is 2.11 bits per heavy atom. The second kappa shape index (κ2) is 6.95. The van der Waals surface area contributed by atoms with Gasteiger partial charge in [-0.05, 0) is 31.5 Å². The minimum Gasteiger partial charge on any atom is -0.480 e. The third-order valence-electron chi connectivity index (χ3n) is 2.51. The standard InChI is InChI=1S/C14H16ClNO3/c1-3-5-10(2)14(19)16(9-13(17)18)12-7-4-6-11(15)8-12/h4-8H,3,9H2,1-2H3,(H,17,18)/b10-5+. The molecule has 0 atom stereocenters. The molecule has 0 radical (unpaired) electrons. The summed E-state index contributed by atoms with van der Waals surface area (Å²) in [6, 6.07) is 6.58. The minimum absolute atomic E-state index is 0.327. The second-order valence-corrected chi connectivity index (χ2v) is 4.50. The number of hydrogen-bond acceptors (Lipinski definition) is 2. The molecule has 0 aromatic heterocycles. The van der Waals surface area contributed by atoms with Gasteiger partial charge in [-0.3, -0.25) is 14.5 Å². The van der Waals surface area contributed by atoms with Crippen molar-refractivity contribution in [2.75, 3.05) is 11.4 Å². The van der Waals surface area contributed by atoms with E-state index in [1.165, 1.54) is 4.90 Å². The molecule has 102 valence electrons. The molecule has 0 aliphatic heterocycles. The molecule has 19 heavy (non-hydrogen) atoms. The molecule has 0 spiro atoms. The fourth-order valence-corrected chi connectivity index (χ4v) is 1.85. The maximum atomic E-state index is 12.2. The summed E-state index contributed by atoms with van der Waals surface area (Å²) < 4.78 is 0. The van der Waals surface area contributed by atoms with Crippen molar-refractivity contribution in [1.29, 1.82) is 0 Å². The summed E-state index contributed by atoms with van der Waals surface area (Å²) in [5.41, 5.74) is 0.993. The third-order valence-corrected chi connectivity index (χ3v) is 2.74. The van der Waals surface area contributed by atoms with Crippen molar-refractivity contribution in [3.8, 4) is 0 Å². The SMILES string of the molecule is CC/C=C(\C)C(=O)N(CC(=O)O)c1cccc(Cl)c1. The molecule has 5 heteroatoms. The van der Waals surface area contributed by atoms with E-state index in [0.717, 1.165) is 0 Å². The van der Waals surface area contributed by atoms with Gasteiger partial charge in [-0.2, -0.15) is 0 Å². The van der Waals surface area contributed by atoms with E-state index >= 15 is 0 Å². The lowest BCUT2D eigenvalue weighted by molar-refractivity contribution is -0.136. The molecular formula is C14H16ClNO3. The average Bonchev–Trinajstić information content (AvgIpc) is 2.35. The first kappa shape index (κ1) is 15.2. The van der Waals surface area contributed by atoms with E-state index in [4.69, 9.17) is 16.7 Å². The molecule has 4 nitrogen and oxygen atoms in total. The van der Waals surface area contributed by atoms with E-state index < -0.39 is 12.5 Å². The van der Waals surface area contributed by atoms with Crippen LogP contribution in [0.2, 0.25) is 5.02 Å². The quantitative estimate of drug-likeness (QED) is 0.844. The van der Waals surface area contributed by atoms with Crippen molar-refractivity contribution in [2.45, 2.75) is 20.3 Å². The number of allylic oxidation sites excluding steroid dienone is 1. The number of benzene rings is 1. The van der Waals surface area contributed by atoms with Crippen LogP contribution in [0.1, 0.15) is 20.3 Å². The zero-order chi connectivity index (χ0) is 14.4. The smallest absolute Gasteiger partial charge is 0.323 e. The average molecular weight is 282 g/mol. The van der Waals surface area contributed by atoms with Gasteiger partial charge < -0.3 is 5.11 Å². The highest BCUT2D eigenvalue weighted by Crippen LogP contribution is 2.21. The Balaban J connectivity index is 3.11. The molecule has 0 aliphatic carbocycles. The van der Waals surface area contributed by atoms with E-state index in [2.05, 4.69) is 0 Å². The predicted octanol–water partition coefficient (Wildman–Crippen LogP) is 3.11. The zero-order valence-electron chi connectivity index (χ0n) is 10.9.